The van der Waals surface area contributed by atoms with Gasteiger partial charge in [0.1, 0.15) is 6.04 Å². The topological polar surface area (TPSA) is 41.6 Å². The maximum atomic E-state index is 11.7. The van der Waals surface area contributed by atoms with Crippen LogP contribution in [0.25, 0.3) is 0 Å². The maximum Gasteiger partial charge on any atom is 0.323 e. The Hall–Kier alpha value is -0.600. The zero-order valence-electron chi connectivity index (χ0n) is 10.1. The summed E-state index contributed by atoms with van der Waals surface area (Å²) in [5, 5.41) is 3.64. The Morgan fingerprint density at radius 2 is 2.35 bits per heavy atom. The van der Waals surface area contributed by atoms with Gasteiger partial charge in [0.15, 0.2) is 0 Å². The molecule has 1 N–H and O–H groups in total. The van der Waals surface area contributed by atoms with Crippen molar-refractivity contribution in [2.24, 2.45) is 5.92 Å². The van der Waals surface area contributed by atoms with Gasteiger partial charge < -0.3 is 10.1 Å². The van der Waals surface area contributed by atoms with Crippen molar-refractivity contribution in [1.29, 1.82) is 0 Å². The van der Waals surface area contributed by atoms with E-state index in [2.05, 4.69) is 14.7 Å². The summed E-state index contributed by atoms with van der Waals surface area (Å²) in [4.78, 5) is 11.7. The molecule has 4 atom stereocenters. The first-order valence-corrected chi connectivity index (χ1v) is 6.80. The van der Waals surface area contributed by atoms with Crippen LogP contribution in [0.4, 0.5) is 0 Å². The van der Waals surface area contributed by atoms with E-state index in [4.69, 9.17) is 4.74 Å². The second-order valence-corrected chi connectivity index (χ2v) is 5.87. The normalized spacial score (nSPS) is 36.5. The van der Waals surface area contributed by atoms with E-state index in [1.807, 2.05) is 4.67 Å². The second kappa shape index (κ2) is 4.25. The van der Waals surface area contributed by atoms with Crippen molar-refractivity contribution in [2.45, 2.75) is 37.8 Å². The van der Waals surface area contributed by atoms with Crippen LogP contribution >= 0.6 is 9.39 Å². The number of carbonyl (C=O) groups excluding carboxylic acids is 1. The molecule has 1 fully saturated rings. The quantitative estimate of drug-likeness (QED) is 0.561. The zero-order chi connectivity index (χ0) is 12.0. The number of fused-ring (bicyclic) bond motifs is 2. The highest BCUT2D eigenvalue weighted by molar-refractivity contribution is 7.13. The van der Waals surface area contributed by atoms with Gasteiger partial charge in [-0.05, 0) is 24.8 Å². The van der Waals surface area contributed by atoms with E-state index < -0.39 is 0 Å². The highest BCUT2D eigenvalue weighted by Crippen LogP contribution is 2.43. The van der Waals surface area contributed by atoms with E-state index in [9.17, 15) is 4.79 Å². The van der Waals surface area contributed by atoms with Gasteiger partial charge in [-0.2, -0.15) is 0 Å². The number of hydrogen-bond acceptors (Lipinski definition) is 4. The summed E-state index contributed by atoms with van der Waals surface area (Å²) in [6.07, 6.45) is 4.70. The van der Waals surface area contributed by atoms with Crippen molar-refractivity contribution >= 4 is 15.4 Å². The molecule has 0 amide bonds. The van der Waals surface area contributed by atoms with Crippen molar-refractivity contribution in [3.63, 3.8) is 0 Å². The van der Waals surface area contributed by atoms with Crippen LogP contribution in [0.1, 0.15) is 25.7 Å². The fraction of sp³-hybridized carbons (Fsp3) is 0.750. The molecule has 1 aliphatic carbocycles. The lowest BCUT2D eigenvalue weighted by atomic mass is 9.89. The van der Waals surface area contributed by atoms with E-state index in [-0.39, 0.29) is 12.0 Å². The molecule has 1 saturated carbocycles. The lowest BCUT2D eigenvalue weighted by Crippen LogP contribution is -2.41. The van der Waals surface area contributed by atoms with Gasteiger partial charge in [-0.1, -0.05) is 15.8 Å². The summed E-state index contributed by atoms with van der Waals surface area (Å²) in [5.74, 6) is 0.559. The summed E-state index contributed by atoms with van der Waals surface area (Å²) >= 11 is 0. The van der Waals surface area contributed by atoms with E-state index in [0.717, 1.165) is 13.0 Å². The standard InChI is InChI=1S/C12H19N2O2P/c1-16-12(15)11-5-8-7-3-2-4-9(7)13-10(8)6-14(11)17/h7,9,11,13H,2-6,17H2,1H3. The maximum absolute atomic E-state index is 11.7. The second-order valence-electron chi connectivity index (χ2n) is 5.21. The van der Waals surface area contributed by atoms with Gasteiger partial charge in [0.25, 0.3) is 0 Å². The van der Waals surface area contributed by atoms with Crippen LogP contribution in [0.5, 0.6) is 0 Å². The summed E-state index contributed by atoms with van der Waals surface area (Å²) < 4.78 is 6.90. The fourth-order valence-electron chi connectivity index (χ4n) is 3.49. The minimum atomic E-state index is -0.120. The SMILES string of the molecule is COC(=O)C1CC2=C(CN1P)NC1CCCC21. The third-order valence-corrected chi connectivity index (χ3v) is 4.88. The Labute approximate surface area is 104 Å². The minimum absolute atomic E-state index is 0.118. The first-order valence-electron chi connectivity index (χ1n) is 6.28. The number of nitrogens with one attached hydrogen (secondary N) is 1. The molecule has 17 heavy (non-hydrogen) atoms. The summed E-state index contributed by atoms with van der Waals surface area (Å²) in [7, 11) is 4.12. The Morgan fingerprint density at radius 1 is 1.53 bits per heavy atom. The van der Waals surface area contributed by atoms with E-state index in [1.54, 1.807) is 0 Å². The molecule has 94 valence electrons. The molecule has 0 spiro atoms. The van der Waals surface area contributed by atoms with Gasteiger partial charge in [-0.3, -0.25) is 9.46 Å². The van der Waals surface area contributed by atoms with E-state index in [1.165, 1.54) is 37.6 Å². The van der Waals surface area contributed by atoms with Gasteiger partial charge >= 0.3 is 5.97 Å². The molecular weight excluding hydrogens is 235 g/mol. The smallest absolute Gasteiger partial charge is 0.323 e. The summed E-state index contributed by atoms with van der Waals surface area (Å²) in [6, 6.07) is 0.514. The molecular formula is C12H19N2O2P. The van der Waals surface area contributed by atoms with E-state index in [0.29, 0.717) is 12.0 Å². The van der Waals surface area contributed by atoms with Gasteiger partial charge in [-0.15, -0.1) is 0 Å². The molecule has 2 heterocycles. The van der Waals surface area contributed by atoms with Crippen LogP contribution in [0.2, 0.25) is 0 Å². The Balaban J connectivity index is 1.82. The molecule has 0 radical (unpaired) electrons. The first-order chi connectivity index (χ1) is 8.20. The average molecular weight is 254 g/mol. The van der Waals surface area contributed by atoms with Crippen LogP contribution in [0.15, 0.2) is 11.3 Å². The lowest BCUT2D eigenvalue weighted by Gasteiger charge is -2.32. The van der Waals surface area contributed by atoms with Crippen molar-refractivity contribution < 1.29 is 9.53 Å². The fourth-order valence-corrected chi connectivity index (χ4v) is 3.89. The first kappa shape index (κ1) is 11.5. The van der Waals surface area contributed by atoms with Crippen LogP contribution in [-0.4, -0.2) is 36.4 Å². The third-order valence-electron chi connectivity index (χ3n) is 4.34. The Bertz CT molecular complexity index is 383. The molecule has 3 rings (SSSR count). The number of carbonyl (C=O) groups is 1. The van der Waals surface area contributed by atoms with Gasteiger partial charge in [0.2, 0.25) is 0 Å². The number of methoxy groups -OCH3 is 1. The zero-order valence-corrected chi connectivity index (χ0v) is 11.3. The highest BCUT2D eigenvalue weighted by atomic mass is 31.0. The predicted molar refractivity (Wildman–Crippen MR) is 68.1 cm³/mol. The predicted octanol–water partition coefficient (Wildman–Crippen LogP) is 1.05. The van der Waals surface area contributed by atoms with Crippen molar-refractivity contribution in [3.05, 3.63) is 11.3 Å². The summed E-state index contributed by atoms with van der Waals surface area (Å²) in [6.45, 7) is 0.826. The van der Waals surface area contributed by atoms with Crippen LogP contribution in [0.3, 0.4) is 0 Å². The Kier molecular flexibility index (Phi) is 2.87. The Morgan fingerprint density at radius 3 is 3.12 bits per heavy atom. The lowest BCUT2D eigenvalue weighted by molar-refractivity contribution is -0.145. The average Bonchev–Trinajstić information content (AvgIpc) is 2.87. The van der Waals surface area contributed by atoms with Crippen LogP contribution < -0.4 is 5.32 Å². The third kappa shape index (κ3) is 1.78. The van der Waals surface area contributed by atoms with E-state index >= 15 is 0 Å². The molecule has 0 saturated heterocycles. The van der Waals surface area contributed by atoms with Gasteiger partial charge in [0, 0.05) is 24.2 Å². The van der Waals surface area contributed by atoms with Crippen LogP contribution in [0, 0.1) is 5.92 Å². The molecule has 4 nitrogen and oxygen atoms in total. The van der Waals surface area contributed by atoms with Gasteiger partial charge in [0.05, 0.1) is 7.11 Å². The van der Waals surface area contributed by atoms with Gasteiger partial charge in [-0.25, -0.2) is 0 Å². The molecule has 0 bridgehead atoms. The molecule has 4 unspecified atom stereocenters. The van der Waals surface area contributed by atoms with Crippen molar-refractivity contribution in [2.75, 3.05) is 13.7 Å². The largest absolute Gasteiger partial charge is 0.468 e. The number of rotatable bonds is 1. The van der Waals surface area contributed by atoms with Crippen molar-refractivity contribution in [1.82, 2.24) is 9.99 Å². The molecule has 0 aromatic heterocycles. The molecule has 5 heteroatoms. The monoisotopic (exact) mass is 254 g/mol. The summed E-state index contributed by atoms with van der Waals surface area (Å²) in [5.41, 5.74) is 2.84. The molecule has 3 aliphatic rings. The van der Waals surface area contributed by atoms with Crippen molar-refractivity contribution in [3.8, 4) is 0 Å². The molecule has 0 aromatic carbocycles. The van der Waals surface area contributed by atoms with Crippen LogP contribution in [-0.2, 0) is 9.53 Å². The molecule has 0 aromatic rings. The number of nitrogens with zero attached hydrogens (tertiary/aromatic N) is 1. The number of esters is 1. The molecule has 2 aliphatic heterocycles. The number of ether oxygens (including phenoxy) is 1. The minimum Gasteiger partial charge on any atom is -0.468 e. The highest BCUT2D eigenvalue weighted by Gasteiger charge is 2.43. The number of hydrogen-bond donors (Lipinski definition) is 1.